The van der Waals surface area contributed by atoms with Gasteiger partial charge in [-0.25, -0.2) is 4.98 Å². The zero-order chi connectivity index (χ0) is 18.2. The molecule has 0 bridgehead atoms. The maximum Gasteiger partial charge on any atom is 0.183 e. The van der Waals surface area contributed by atoms with Crippen molar-refractivity contribution in [1.29, 1.82) is 0 Å². The number of rotatable bonds is 5. The summed E-state index contributed by atoms with van der Waals surface area (Å²) in [5, 5.41) is 4.37. The number of ether oxygens (including phenoxy) is 2. The number of aromatic nitrogens is 1. The lowest BCUT2D eigenvalue weighted by atomic mass is 10.2. The molecule has 0 saturated carbocycles. The van der Waals surface area contributed by atoms with Crippen molar-refractivity contribution in [1.82, 2.24) is 4.98 Å². The molecule has 0 radical (unpaired) electrons. The van der Waals surface area contributed by atoms with Crippen LogP contribution in [0.15, 0.2) is 36.4 Å². The van der Waals surface area contributed by atoms with Crippen LogP contribution in [0.5, 0.6) is 11.5 Å². The molecule has 0 amide bonds. The Morgan fingerprint density at radius 2 is 1.84 bits per heavy atom. The SMILES string of the molecule is CCC.CNc1nc2c(OC)cc(OCc3ccccc3)c(Cl)c2s1. The van der Waals surface area contributed by atoms with E-state index >= 15 is 0 Å². The van der Waals surface area contributed by atoms with Gasteiger partial charge in [0.05, 0.1) is 11.8 Å². The van der Waals surface area contributed by atoms with E-state index in [1.54, 1.807) is 13.2 Å². The maximum atomic E-state index is 6.47. The molecule has 1 aromatic heterocycles. The molecule has 3 aromatic rings. The summed E-state index contributed by atoms with van der Waals surface area (Å²) in [6.07, 6.45) is 1.25. The van der Waals surface area contributed by atoms with E-state index in [9.17, 15) is 0 Å². The molecule has 0 saturated heterocycles. The van der Waals surface area contributed by atoms with Crippen LogP contribution in [-0.4, -0.2) is 19.1 Å². The summed E-state index contributed by atoms with van der Waals surface area (Å²) in [6.45, 7) is 4.70. The molecule has 2 aromatic carbocycles. The van der Waals surface area contributed by atoms with Gasteiger partial charge in [-0.2, -0.15) is 0 Å². The van der Waals surface area contributed by atoms with Gasteiger partial charge in [-0.15, -0.1) is 0 Å². The first-order valence-electron chi connectivity index (χ1n) is 8.16. The van der Waals surface area contributed by atoms with Gasteiger partial charge in [0.2, 0.25) is 0 Å². The van der Waals surface area contributed by atoms with Crippen molar-refractivity contribution in [3.63, 3.8) is 0 Å². The second-order valence-corrected chi connectivity index (χ2v) is 6.70. The van der Waals surface area contributed by atoms with Gasteiger partial charge in [-0.1, -0.05) is 73.5 Å². The summed E-state index contributed by atoms with van der Waals surface area (Å²) < 4.78 is 12.1. The highest BCUT2D eigenvalue weighted by Crippen LogP contribution is 2.43. The number of nitrogens with zero attached hydrogens (tertiary/aromatic N) is 1. The molecule has 134 valence electrons. The minimum atomic E-state index is 0.451. The van der Waals surface area contributed by atoms with E-state index in [1.165, 1.54) is 17.8 Å². The summed E-state index contributed by atoms with van der Waals surface area (Å²) >= 11 is 7.94. The van der Waals surface area contributed by atoms with Crippen molar-refractivity contribution in [2.75, 3.05) is 19.5 Å². The molecule has 0 unspecified atom stereocenters. The lowest BCUT2D eigenvalue weighted by Crippen LogP contribution is -1.96. The van der Waals surface area contributed by atoms with Crippen molar-refractivity contribution in [2.24, 2.45) is 0 Å². The highest BCUT2D eigenvalue weighted by molar-refractivity contribution is 7.22. The second kappa shape index (κ2) is 9.49. The average molecular weight is 379 g/mol. The molecule has 1 N–H and O–H groups in total. The molecule has 0 spiro atoms. The Hall–Kier alpha value is -1.98. The third-order valence-corrected chi connectivity index (χ3v) is 4.79. The van der Waals surface area contributed by atoms with E-state index in [2.05, 4.69) is 24.1 Å². The summed E-state index contributed by atoms with van der Waals surface area (Å²) in [4.78, 5) is 4.46. The first-order chi connectivity index (χ1) is 12.1. The van der Waals surface area contributed by atoms with Crippen LogP contribution in [0.2, 0.25) is 5.02 Å². The highest BCUT2D eigenvalue weighted by atomic mass is 35.5. The largest absolute Gasteiger partial charge is 0.494 e. The lowest BCUT2D eigenvalue weighted by molar-refractivity contribution is 0.304. The van der Waals surface area contributed by atoms with Gasteiger partial charge in [0.15, 0.2) is 5.13 Å². The van der Waals surface area contributed by atoms with Crippen LogP contribution in [0.4, 0.5) is 5.13 Å². The van der Waals surface area contributed by atoms with Gasteiger partial charge in [0.25, 0.3) is 0 Å². The molecule has 0 aliphatic heterocycles. The predicted molar refractivity (Wildman–Crippen MR) is 107 cm³/mol. The van der Waals surface area contributed by atoms with E-state index < -0.39 is 0 Å². The Morgan fingerprint density at radius 1 is 1.16 bits per heavy atom. The quantitative estimate of drug-likeness (QED) is 0.591. The first-order valence-corrected chi connectivity index (χ1v) is 9.35. The number of hydrogen-bond acceptors (Lipinski definition) is 5. The molecular weight excluding hydrogens is 356 g/mol. The van der Waals surface area contributed by atoms with E-state index in [1.807, 2.05) is 37.4 Å². The molecule has 1 heterocycles. The van der Waals surface area contributed by atoms with Gasteiger partial charge in [-0.3, -0.25) is 0 Å². The van der Waals surface area contributed by atoms with Crippen LogP contribution in [0.25, 0.3) is 10.2 Å². The monoisotopic (exact) mass is 378 g/mol. The van der Waals surface area contributed by atoms with E-state index in [4.69, 9.17) is 21.1 Å². The van der Waals surface area contributed by atoms with Crippen LogP contribution in [0.1, 0.15) is 25.8 Å². The predicted octanol–water partition coefficient (Wildman–Crippen LogP) is 6.00. The molecule has 0 aliphatic rings. The van der Waals surface area contributed by atoms with Gasteiger partial charge >= 0.3 is 0 Å². The minimum Gasteiger partial charge on any atom is -0.494 e. The van der Waals surface area contributed by atoms with Crippen molar-refractivity contribution in [2.45, 2.75) is 26.9 Å². The van der Waals surface area contributed by atoms with Crippen molar-refractivity contribution >= 4 is 38.3 Å². The summed E-state index contributed by atoms with van der Waals surface area (Å²) in [6, 6.07) is 11.7. The number of benzene rings is 2. The van der Waals surface area contributed by atoms with Crippen molar-refractivity contribution < 1.29 is 9.47 Å². The Kier molecular flexibility index (Phi) is 7.34. The fourth-order valence-corrected chi connectivity index (χ4v) is 3.28. The fraction of sp³-hybridized carbons (Fsp3) is 0.316. The lowest BCUT2D eigenvalue weighted by Gasteiger charge is -2.10. The fourth-order valence-electron chi connectivity index (χ4n) is 2.10. The van der Waals surface area contributed by atoms with Crippen molar-refractivity contribution in [3.05, 3.63) is 47.0 Å². The Morgan fingerprint density at radius 3 is 2.44 bits per heavy atom. The first kappa shape index (κ1) is 19.3. The van der Waals surface area contributed by atoms with Crippen LogP contribution in [0, 0.1) is 0 Å². The summed E-state index contributed by atoms with van der Waals surface area (Å²) in [5.41, 5.74) is 1.83. The van der Waals surface area contributed by atoms with Crippen LogP contribution < -0.4 is 14.8 Å². The standard InChI is InChI=1S/C16H15ClN2O2S.C3H8/c1-18-16-19-14-12(20-2)8-11(13(17)15(14)22-16)21-9-10-6-4-3-5-7-10;1-3-2/h3-8H,9H2,1-2H3,(H,18,19);3H2,1-2H3. The number of anilines is 1. The number of thiazole rings is 1. The third-order valence-electron chi connectivity index (χ3n) is 3.21. The van der Waals surface area contributed by atoms with Crippen LogP contribution >= 0.6 is 22.9 Å². The normalized spacial score (nSPS) is 10.1. The molecule has 0 aliphatic carbocycles. The number of hydrogen-bond donors (Lipinski definition) is 1. The molecular formula is C19H23ClN2O2S. The summed E-state index contributed by atoms with van der Waals surface area (Å²) in [5.74, 6) is 1.25. The number of nitrogens with one attached hydrogen (secondary N) is 1. The smallest absolute Gasteiger partial charge is 0.183 e. The van der Waals surface area contributed by atoms with E-state index in [0.29, 0.717) is 23.1 Å². The van der Waals surface area contributed by atoms with Gasteiger partial charge in [0.1, 0.15) is 28.6 Å². The second-order valence-electron chi connectivity index (χ2n) is 5.32. The molecule has 4 nitrogen and oxygen atoms in total. The topological polar surface area (TPSA) is 43.4 Å². The highest BCUT2D eigenvalue weighted by Gasteiger charge is 2.17. The van der Waals surface area contributed by atoms with Crippen molar-refractivity contribution in [3.8, 4) is 11.5 Å². The number of methoxy groups -OCH3 is 1. The van der Waals surface area contributed by atoms with Crippen LogP contribution in [-0.2, 0) is 6.61 Å². The number of halogens is 1. The maximum absolute atomic E-state index is 6.47. The molecule has 0 fully saturated rings. The van der Waals surface area contributed by atoms with Crippen LogP contribution in [0.3, 0.4) is 0 Å². The molecule has 25 heavy (non-hydrogen) atoms. The molecule has 0 atom stereocenters. The Bertz CT molecular complexity index is 806. The Balaban J connectivity index is 0.000000701. The third kappa shape index (κ3) is 4.77. The zero-order valence-electron chi connectivity index (χ0n) is 14.9. The average Bonchev–Trinajstić information content (AvgIpc) is 3.08. The van der Waals surface area contributed by atoms with Gasteiger partial charge in [0, 0.05) is 13.1 Å². The van der Waals surface area contributed by atoms with Gasteiger partial charge < -0.3 is 14.8 Å². The Labute approximate surface area is 157 Å². The zero-order valence-corrected chi connectivity index (χ0v) is 16.5. The van der Waals surface area contributed by atoms with Gasteiger partial charge in [-0.05, 0) is 5.56 Å². The summed E-state index contributed by atoms with van der Waals surface area (Å²) in [7, 11) is 3.44. The minimum absolute atomic E-state index is 0.451. The number of fused-ring (bicyclic) bond motifs is 1. The van der Waals surface area contributed by atoms with E-state index in [-0.39, 0.29) is 0 Å². The molecule has 6 heteroatoms. The van der Waals surface area contributed by atoms with E-state index in [0.717, 1.165) is 20.9 Å². The molecule has 3 rings (SSSR count).